The molecule has 3 rings (SSSR count). The number of piperidine rings is 1. The van der Waals surface area contributed by atoms with E-state index in [0.29, 0.717) is 5.92 Å². The molecule has 1 saturated heterocycles. The summed E-state index contributed by atoms with van der Waals surface area (Å²) in [5, 5.41) is 3.12. The van der Waals surface area contributed by atoms with Gasteiger partial charge in [-0.15, -0.1) is 0 Å². The van der Waals surface area contributed by atoms with Crippen molar-refractivity contribution in [2.24, 2.45) is 5.92 Å². The second-order valence-corrected chi connectivity index (χ2v) is 7.05. The van der Waals surface area contributed by atoms with Crippen LogP contribution in [0.15, 0.2) is 54.6 Å². The summed E-state index contributed by atoms with van der Waals surface area (Å²) in [5.74, 6) is 0.658. The third kappa shape index (κ3) is 5.17. The number of likely N-dealkylation sites (tertiary alicyclic amines) is 1. The highest BCUT2D eigenvalue weighted by atomic mass is 16.1. The molecule has 1 N–H and O–H groups in total. The second-order valence-electron chi connectivity index (χ2n) is 7.05. The molecule has 1 aliphatic heterocycles. The van der Waals surface area contributed by atoms with Gasteiger partial charge < -0.3 is 10.2 Å². The van der Waals surface area contributed by atoms with Crippen LogP contribution in [0.3, 0.4) is 0 Å². The van der Waals surface area contributed by atoms with Crippen LogP contribution >= 0.6 is 0 Å². The van der Waals surface area contributed by atoms with Crippen molar-refractivity contribution in [1.29, 1.82) is 0 Å². The van der Waals surface area contributed by atoms with E-state index < -0.39 is 0 Å². The third-order valence-corrected chi connectivity index (χ3v) is 5.21. The Morgan fingerprint density at radius 1 is 1.04 bits per heavy atom. The summed E-state index contributed by atoms with van der Waals surface area (Å²) in [6.07, 6.45) is 3.46. The fraction of sp³-hybridized carbons (Fsp3) is 0.409. The van der Waals surface area contributed by atoms with Gasteiger partial charge in [-0.2, -0.15) is 0 Å². The lowest BCUT2D eigenvalue weighted by molar-refractivity contribution is 0.0935. The molecule has 1 fully saturated rings. The van der Waals surface area contributed by atoms with Gasteiger partial charge in [-0.1, -0.05) is 48.5 Å². The molecule has 25 heavy (non-hydrogen) atoms. The van der Waals surface area contributed by atoms with E-state index in [0.717, 1.165) is 43.7 Å². The van der Waals surface area contributed by atoms with Gasteiger partial charge in [-0.3, -0.25) is 4.79 Å². The Morgan fingerprint density at radius 3 is 2.44 bits per heavy atom. The van der Waals surface area contributed by atoms with Gasteiger partial charge in [-0.25, -0.2) is 0 Å². The van der Waals surface area contributed by atoms with Gasteiger partial charge in [0.05, 0.1) is 0 Å². The Balaban J connectivity index is 1.38. The van der Waals surface area contributed by atoms with E-state index in [1.165, 1.54) is 18.4 Å². The molecule has 0 atom stereocenters. The number of rotatable bonds is 6. The Labute approximate surface area is 151 Å². The van der Waals surface area contributed by atoms with Crippen molar-refractivity contribution < 1.29 is 4.79 Å². The Hall–Kier alpha value is -2.13. The number of aryl methyl sites for hydroxylation is 1. The zero-order valence-electron chi connectivity index (χ0n) is 15.1. The molecule has 0 aliphatic carbocycles. The van der Waals surface area contributed by atoms with Gasteiger partial charge in [-0.05, 0) is 62.4 Å². The molecule has 3 heteroatoms. The number of nitrogens with one attached hydrogen (secondary N) is 1. The van der Waals surface area contributed by atoms with E-state index in [-0.39, 0.29) is 5.91 Å². The first-order valence-electron chi connectivity index (χ1n) is 9.32. The van der Waals surface area contributed by atoms with E-state index >= 15 is 0 Å². The minimum absolute atomic E-state index is 0.0598. The van der Waals surface area contributed by atoms with E-state index in [1.54, 1.807) is 0 Å². The van der Waals surface area contributed by atoms with Crippen molar-refractivity contribution >= 4 is 5.91 Å². The van der Waals surface area contributed by atoms with Crippen LogP contribution in [0, 0.1) is 12.8 Å². The molecule has 2 aromatic rings. The predicted molar refractivity (Wildman–Crippen MR) is 103 cm³/mol. The highest BCUT2D eigenvalue weighted by Gasteiger charge is 2.20. The predicted octanol–water partition coefficient (Wildman–Crippen LogP) is 3.68. The van der Waals surface area contributed by atoms with Crippen molar-refractivity contribution in [2.75, 3.05) is 26.2 Å². The summed E-state index contributed by atoms with van der Waals surface area (Å²) >= 11 is 0. The summed E-state index contributed by atoms with van der Waals surface area (Å²) in [7, 11) is 0. The number of amides is 1. The SMILES string of the molecule is Cc1ccccc1C(=O)NCC1CCN(CCc2ccccc2)CC1. The number of carbonyl (C=O) groups excluding carboxylic acids is 1. The van der Waals surface area contributed by atoms with Crippen LogP contribution in [0.4, 0.5) is 0 Å². The highest BCUT2D eigenvalue weighted by molar-refractivity contribution is 5.95. The van der Waals surface area contributed by atoms with Gasteiger partial charge in [0.2, 0.25) is 0 Å². The maximum absolute atomic E-state index is 12.3. The van der Waals surface area contributed by atoms with Crippen LogP contribution in [0.25, 0.3) is 0 Å². The minimum Gasteiger partial charge on any atom is -0.352 e. The van der Waals surface area contributed by atoms with Crippen LogP contribution in [0.2, 0.25) is 0 Å². The topological polar surface area (TPSA) is 32.3 Å². The van der Waals surface area contributed by atoms with E-state index in [9.17, 15) is 4.79 Å². The first-order chi connectivity index (χ1) is 12.2. The summed E-state index contributed by atoms with van der Waals surface area (Å²) in [4.78, 5) is 14.9. The monoisotopic (exact) mass is 336 g/mol. The largest absolute Gasteiger partial charge is 0.352 e. The third-order valence-electron chi connectivity index (χ3n) is 5.21. The molecule has 1 aliphatic rings. The lowest BCUT2D eigenvalue weighted by Gasteiger charge is -2.32. The van der Waals surface area contributed by atoms with Gasteiger partial charge in [0, 0.05) is 18.7 Å². The van der Waals surface area contributed by atoms with Gasteiger partial charge in [0.25, 0.3) is 5.91 Å². The van der Waals surface area contributed by atoms with Gasteiger partial charge in [0.1, 0.15) is 0 Å². The molecule has 1 amide bonds. The summed E-state index contributed by atoms with van der Waals surface area (Å²) < 4.78 is 0. The van der Waals surface area contributed by atoms with Gasteiger partial charge >= 0.3 is 0 Å². The lowest BCUT2D eigenvalue weighted by atomic mass is 9.96. The molecule has 132 valence electrons. The van der Waals surface area contributed by atoms with E-state index in [4.69, 9.17) is 0 Å². The van der Waals surface area contributed by atoms with Crippen molar-refractivity contribution in [1.82, 2.24) is 10.2 Å². The summed E-state index contributed by atoms with van der Waals surface area (Å²) in [6.45, 7) is 6.18. The number of benzene rings is 2. The van der Waals surface area contributed by atoms with Crippen LogP contribution in [0.1, 0.15) is 34.3 Å². The van der Waals surface area contributed by atoms with Crippen molar-refractivity contribution in [3.05, 3.63) is 71.3 Å². The van der Waals surface area contributed by atoms with E-state index in [2.05, 4.69) is 40.5 Å². The zero-order valence-corrected chi connectivity index (χ0v) is 15.1. The lowest BCUT2D eigenvalue weighted by Crippen LogP contribution is -2.39. The molecular formula is C22H28N2O. The maximum Gasteiger partial charge on any atom is 0.251 e. The van der Waals surface area contributed by atoms with Crippen LogP contribution < -0.4 is 5.32 Å². The Morgan fingerprint density at radius 2 is 1.72 bits per heavy atom. The smallest absolute Gasteiger partial charge is 0.251 e. The number of hydrogen-bond acceptors (Lipinski definition) is 2. The second kappa shape index (κ2) is 8.82. The number of carbonyl (C=O) groups is 1. The fourth-order valence-electron chi connectivity index (χ4n) is 3.51. The molecule has 1 heterocycles. The van der Waals surface area contributed by atoms with Crippen LogP contribution in [-0.2, 0) is 6.42 Å². The summed E-state index contributed by atoms with van der Waals surface area (Å²) in [5.41, 5.74) is 3.24. The molecule has 2 aromatic carbocycles. The molecule has 0 unspecified atom stereocenters. The molecule has 0 bridgehead atoms. The molecule has 0 saturated carbocycles. The van der Waals surface area contributed by atoms with Gasteiger partial charge in [0.15, 0.2) is 0 Å². The van der Waals surface area contributed by atoms with Crippen molar-refractivity contribution in [3.8, 4) is 0 Å². The molecular weight excluding hydrogens is 308 g/mol. The quantitative estimate of drug-likeness (QED) is 0.873. The Bertz CT molecular complexity index is 675. The molecule has 0 spiro atoms. The number of nitrogens with zero attached hydrogens (tertiary/aromatic N) is 1. The average molecular weight is 336 g/mol. The zero-order chi connectivity index (χ0) is 17.5. The standard InChI is InChI=1S/C22H28N2O/c1-18-7-5-6-10-21(18)22(25)23-17-20-12-15-24(16-13-20)14-11-19-8-3-2-4-9-19/h2-10,20H,11-17H2,1H3,(H,23,25). The van der Waals surface area contributed by atoms with Crippen LogP contribution in [-0.4, -0.2) is 37.0 Å². The molecule has 0 radical (unpaired) electrons. The molecule has 3 nitrogen and oxygen atoms in total. The number of hydrogen-bond donors (Lipinski definition) is 1. The van der Waals surface area contributed by atoms with E-state index in [1.807, 2.05) is 31.2 Å². The van der Waals surface area contributed by atoms with Crippen molar-refractivity contribution in [3.63, 3.8) is 0 Å². The fourth-order valence-corrected chi connectivity index (χ4v) is 3.51. The van der Waals surface area contributed by atoms with Crippen molar-refractivity contribution in [2.45, 2.75) is 26.2 Å². The maximum atomic E-state index is 12.3. The first kappa shape index (κ1) is 17.7. The minimum atomic E-state index is 0.0598. The Kier molecular flexibility index (Phi) is 6.24. The summed E-state index contributed by atoms with van der Waals surface area (Å²) in [6, 6.07) is 18.5. The normalized spacial score (nSPS) is 15.9. The van der Waals surface area contributed by atoms with Crippen LogP contribution in [0.5, 0.6) is 0 Å². The highest BCUT2D eigenvalue weighted by Crippen LogP contribution is 2.17. The first-order valence-corrected chi connectivity index (χ1v) is 9.32. The average Bonchev–Trinajstić information content (AvgIpc) is 2.66. The molecule has 0 aromatic heterocycles.